The lowest BCUT2D eigenvalue weighted by atomic mass is 9.95. The average Bonchev–Trinajstić information content (AvgIpc) is 2.38. The van der Waals surface area contributed by atoms with Crippen LogP contribution < -0.4 is 15.8 Å². The van der Waals surface area contributed by atoms with Crippen LogP contribution in [-0.2, 0) is 4.79 Å². The molecule has 0 aromatic heterocycles. The lowest BCUT2D eigenvalue weighted by Crippen LogP contribution is -2.52. The smallest absolute Gasteiger partial charge is 0.387 e. The Morgan fingerprint density at radius 3 is 2.62 bits per heavy atom. The molecule has 6 heteroatoms. The van der Waals surface area contributed by atoms with E-state index in [1.807, 2.05) is 6.92 Å². The van der Waals surface area contributed by atoms with Crippen molar-refractivity contribution in [3.8, 4) is 5.75 Å². The number of nitrogens with one attached hydrogen (secondary N) is 1. The minimum Gasteiger partial charge on any atom is -0.434 e. The fourth-order valence-corrected chi connectivity index (χ4v) is 2.11. The van der Waals surface area contributed by atoms with E-state index < -0.39 is 18.2 Å². The summed E-state index contributed by atoms with van der Waals surface area (Å²) in [5, 5.41) is 2.75. The maximum Gasteiger partial charge on any atom is 0.387 e. The van der Waals surface area contributed by atoms with E-state index in [0.717, 1.165) is 6.42 Å². The van der Waals surface area contributed by atoms with Gasteiger partial charge in [0.2, 0.25) is 5.91 Å². The molecule has 0 saturated heterocycles. The highest BCUT2D eigenvalue weighted by Gasteiger charge is 2.29. The molecule has 0 radical (unpaired) electrons. The lowest BCUT2D eigenvalue weighted by Gasteiger charge is -2.26. The zero-order valence-corrected chi connectivity index (χ0v) is 12.5. The van der Waals surface area contributed by atoms with Crippen LogP contribution in [0.1, 0.15) is 45.2 Å². The van der Waals surface area contributed by atoms with Crippen LogP contribution in [0.2, 0.25) is 0 Å². The monoisotopic (exact) mass is 300 g/mol. The molecule has 21 heavy (non-hydrogen) atoms. The number of carbonyl (C=O) groups is 1. The predicted octanol–water partition coefficient (Wildman–Crippen LogP) is 2.98. The molecular weight excluding hydrogens is 278 g/mol. The summed E-state index contributed by atoms with van der Waals surface area (Å²) in [5.74, 6) is -0.266. The predicted molar refractivity (Wildman–Crippen MR) is 77.1 cm³/mol. The molecule has 0 saturated carbocycles. The minimum absolute atomic E-state index is 0.0505. The highest BCUT2D eigenvalue weighted by Crippen LogP contribution is 2.26. The van der Waals surface area contributed by atoms with Crippen molar-refractivity contribution < 1.29 is 18.3 Å². The number of carbonyl (C=O) groups excluding carboxylic acids is 1. The van der Waals surface area contributed by atoms with Crippen LogP contribution in [-0.4, -0.2) is 18.1 Å². The van der Waals surface area contributed by atoms with E-state index in [1.54, 1.807) is 32.0 Å². The van der Waals surface area contributed by atoms with Crippen LogP contribution in [0.25, 0.3) is 0 Å². The number of hydrogen-bond acceptors (Lipinski definition) is 3. The third-order valence-electron chi connectivity index (χ3n) is 3.24. The van der Waals surface area contributed by atoms with Gasteiger partial charge in [0.1, 0.15) is 5.75 Å². The zero-order valence-electron chi connectivity index (χ0n) is 12.5. The summed E-state index contributed by atoms with van der Waals surface area (Å²) in [6, 6.07) is 5.89. The second-order valence-electron chi connectivity index (χ2n) is 5.28. The number of amides is 1. The van der Waals surface area contributed by atoms with Gasteiger partial charge in [-0.3, -0.25) is 4.79 Å². The summed E-state index contributed by atoms with van der Waals surface area (Å²) in [6.07, 6.45) is 1.32. The Bertz CT molecular complexity index is 478. The molecule has 0 aliphatic rings. The Morgan fingerprint density at radius 1 is 1.43 bits per heavy atom. The Labute approximate surface area is 123 Å². The fourth-order valence-electron chi connectivity index (χ4n) is 2.11. The van der Waals surface area contributed by atoms with Crippen LogP contribution in [0.5, 0.6) is 5.75 Å². The normalized spacial score (nSPS) is 15.4. The van der Waals surface area contributed by atoms with Crippen molar-refractivity contribution in [3.63, 3.8) is 0 Å². The van der Waals surface area contributed by atoms with Crippen LogP contribution in [0.15, 0.2) is 24.3 Å². The molecule has 0 spiro atoms. The quantitative estimate of drug-likeness (QED) is 0.813. The SMILES string of the molecule is CCCC(C)(N)C(=O)NC(C)c1ccccc1OC(F)F. The molecular formula is C15H22F2N2O2. The van der Waals surface area contributed by atoms with Crippen molar-refractivity contribution >= 4 is 5.91 Å². The molecule has 2 unspecified atom stereocenters. The van der Waals surface area contributed by atoms with Gasteiger partial charge in [-0.05, 0) is 26.3 Å². The van der Waals surface area contributed by atoms with Gasteiger partial charge >= 0.3 is 6.61 Å². The first-order valence-electron chi connectivity index (χ1n) is 6.91. The van der Waals surface area contributed by atoms with Gasteiger partial charge in [0.15, 0.2) is 0 Å². The number of halogens is 2. The van der Waals surface area contributed by atoms with E-state index in [9.17, 15) is 13.6 Å². The van der Waals surface area contributed by atoms with E-state index in [4.69, 9.17) is 5.73 Å². The highest BCUT2D eigenvalue weighted by atomic mass is 19.3. The van der Waals surface area contributed by atoms with Crippen LogP contribution in [0, 0.1) is 0 Å². The van der Waals surface area contributed by atoms with Crippen LogP contribution in [0.3, 0.4) is 0 Å². The van der Waals surface area contributed by atoms with Gasteiger partial charge < -0.3 is 15.8 Å². The second-order valence-corrected chi connectivity index (χ2v) is 5.28. The average molecular weight is 300 g/mol. The molecule has 1 aromatic rings. The Balaban J connectivity index is 2.85. The summed E-state index contributed by atoms with van der Waals surface area (Å²) in [7, 11) is 0. The van der Waals surface area contributed by atoms with Crippen LogP contribution >= 0.6 is 0 Å². The van der Waals surface area contributed by atoms with E-state index in [2.05, 4.69) is 10.1 Å². The fraction of sp³-hybridized carbons (Fsp3) is 0.533. The third-order valence-corrected chi connectivity index (χ3v) is 3.24. The Kier molecular flexibility index (Phi) is 6.08. The standard InChI is InChI=1S/C15H22F2N2O2/c1-4-9-15(3,18)13(20)19-10(2)11-7-5-6-8-12(11)21-14(16)17/h5-8,10,14H,4,9,18H2,1-3H3,(H,19,20). The minimum atomic E-state index is -2.91. The van der Waals surface area contributed by atoms with Crippen molar-refractivity contribution in [3.05, 3.63) is 29.8 Å². The first-order valence-corrected chi connectivity index (χ1v) is 6.91. The van der Waals surface area contributed by atoms with E-state index in [-0.39, 0.29) is 11.7 Å². The number of rotatable bonds is 7. The molecule has 3 N–H and O–H groups in total. The molecule has 0 heterocycles. The Hall–Kier alpha value is -1.69. The van der Waals surface area contributed by atoms with Crippen molar-refractivity contribution in [1.82, 2.24) is 5.32 Å². The van der Waals surface area contributed by atoms with Crippen molar-refractivity contribution in [2.24, 2.45) is 5.73 Å². The molecule has 0 aliphatic heterocycles. The summed E-state index contributed by atoms with van der Waals surface area (Å²) in [6.45, 7) is 2.38. The van der Waals surface area contributed by atoms with Crippen molar-refractivity contribution in [2.75, 3.05) is 0 Å². The molecule has 118 valence electrons. The largest absolute Gasteiger partial charge is 0.434 e. The Morgan fingerprint density at radius 2 is 2.05 bits per heavy atom. The molecule has 1 rings (SSSR count). The van der Waals surface area contributed by atoms with E-state index >= 15 is 0 Å². The zero-order chi connectivity index (χ0) is 16.0. The third kappa shape index (κ3) is 4.97. The molecule has 0 bridgehead atoms. The van der Waals surface area contributed by atoms with Crippen LogP contribution in [0.4, 0.5) is 8.78 Å². The summed E-state index contributed by atoms with van der Waals surface area (Å²) < 4.78 is 29.2. The van der Waals surface area contributed by atoms with Gasteiger partial charge in [-0.25, -0.2) is 0 Å². The van der Waals surface area contributed by atoms with Gasteiger partial charge in [0.05, 0.1) is 11.6 Å². The molecule has 2 atom stereocenters. The number of para-hydroxylation sites is 1. The van der Waals surface area contributed by atoms with Gasteiger partial charge in [-0.1, -0.05) is 31.5 Å². The van der Waals surface area contributed by atoms with Gasteiger partial charge in [-0.2, -0.15) is 8.78 Å². The summed E-state index contributed by atoms with van der Waals surface area (Å²) >= 11 is 0. The highest BCUT2D eigenvalue weighted by molar-refractivity contribution is 5.85. The summed E-state index contributed by atoms with van der Waals surface area (Å²) in [4.78, 5) is 12.1. The number of hydrogen-bond donors (Lipinski definition) is 2. The van der Waals surface area contributed by atoms with Crippen molar-refractivity contribution in [1.29, 1.82) is 0 Å². The second kappa shape index (κ2) is 7.36. The molecule has 0 aliphatic carbocycles. The molecule has 0 fully saturated rings. The molecule has 1 aromatic carbocycles. The summed E-state index contributed by atoms with van der Waals surface area (Å²) in [5.41, 5.74) is 5.45. The van der Waals surface area contributed by atoms with E-state index in [1.165, 1.54) is 6.07 Å². The van der Waals surface area contributed by atoms with Gasteiger partial charge in [-0.15, -0.1) is 0 Å². The van der Waals surface area contributed by atoms with Gasteiger partial charge in [0, 0.05) is 5.56 Å². The molecule has 1 amide bonds. The molecule has 4 nitrogen and oxygen atoms in total. The van der Waals surface area contributed by atoms with E-state index in [0.29, 0.717) is 12.0 Å². The maximum absolute atomic E-state index is 12.4. The topological polar surface area (TPSA) is 64.4 Å². The number of ether oxygens (including phenoxy) is 1. The first kappa shape index (κ1) is 17.4. The van der Waals surface area contributed by atoms with Gasteiger partial charge in [0.25, 0.3) is 0 Å². The number of alkyl halides is 2. The lowest BCUT2D eigenvalue weighted by molar-refractivity contribution is -0.126. The first-order chi connectivity index (χ1) is 9.77. The number of nitrogens with two attached hydrogens (primary N) is 1. The van der Waals surface area contributed by atoms with Crippen molar-refractivity contribution in [2.45, 2.75) is 51.8 Å². The maximum atomic E-state index is 12.4. The number of benzene rings is 1.